The Hall–Kier alpha value is -4.46. The fourth-order valence-electron chi connectivity index (χ4n) is 4.33. The van der Waals surface area contributed by atoms with Gasteiger partial charge in [0.15, 0.2) is 0 Å². The molecule has 0 spiro atoms. The van der Waals surface area contributed by atoms with Crippen molar-refractivity contribution in [2.75, 3.05) is 18.4 Å². The Morgan fingerprint density at radius 3 is 2.59 bits per heavy atom. The molecule has 37 heavy (non-hydrogen) atoms. The molecule has 1 unspecified atom stereocenters. The van der Waals surface area contributed by atoms with Crippen LogP contribution in [0.1, 0.15) is 54.6 Å². The third-order valence-electron chi connectivity index (χ3n) is 6.40. The Bertz CT molecular complexity index is 1290. The molecule has 1 aliphatic rings. The van der Waals surface area contributed by atoms with Gasteiger partial charge in [-0.25, -0.2) is 14.8 Å². The summed E-state index contributed by atoms with van der Waals surface area (Å²) >= 11 is 0. The van der Waals surface area contributed by atoms with Crippen LogP contribution in [0.4, 0.5) is 16.4 Å². The normalized spacial score (nSPS) is 14.6. The zero-order chi connectivity index (χ0) is 26.4. The van der Waals surface area contributed by atoms with Crippen LogP contribution < -0.4 is 10.6 Å². The molecule has 1 saturated heterocycles. The van der Waals surface area contributed by atoms with Crippen molar-refractivity contribution in [3.63, 3.8) is 0 Å². The smallest absolute Gasteiger partial charge is 0.407 e. The van der Waals surface area contributed by atoms with Crippen LogP contribution in [0.15, 0.2) is 42.9 Å². The molecule has 0 saturated carbocycles. The molecule has 3 heterocycles. The molecular formula is C26H30N8O3. The van der Waals surface area contributed by atoms with Crippen LogP contribution >= 0.6 is 0 Å². The lowest BCUT2D eigenvalue weighted by Gasteiger charge is -2.29. The van der Waals surface area contributed by atoms with Gasteiger partial charge in [-0.3, -0.25) is 9.48 Å². The fourth-order valence-corrected chi connectivity index (χ4v) is 4.33. The SMILES string of the molecule is CCCC(C#N)NC(=O)c1ccc(-c2nc(Nc3cnn(C4CCN(C(=O)O)CC4)c3)ncc2C)cc1. The van der Waals surface area contributed by atoms with Crippen molar-refractivity contribution in [2.45, 2.75) is 51.6 Å². The number of likely N-dealkylation sites (tertiary alicyclic amines) is 1. The number of aryl methyl sites for hydroxylation is 1. The number of nitrogens with one attached hydrogen (secondary N) is 2. The molecule has 11 heteroatoms. The monoisotopic (exact) mass is 502 g/mol. The highest BCUT2D eigenvalue weighted by Crippen LogP contribution is 2.26. The van der Waals surface area contributed by atoms with Gasteiger partial charge in [0.05, 0.1) is 29.7 Å². The van der Waals surface area contributed by atoms with Gasteiger partial charge in [-0.1, -0.05) is 25.5 Å². The minimum atomic E-state index is -0.883. The van der Waals surface area contributed by atoms with E-state index in [-0.39, 0.29) is 11.9 Å². The highest BCUT2D eigenvalue weighted by molar-refractivity contribution is 5.95. The molecule has 3 aromatic rings. The van der Waals surface area contributed by atoms with Crippen molar-refractivity contribution in [3.05, 3.63) is 54.0 Å². The number of benzene rings is 1. The number of nitriles is 1. The molecule has 2 amide bonds. The summed E-state index contributed by atoms with van der Waals surface area (Å²) in [5, 5.41) is 28.7. The highest BCUT2D eigenvalue weighted by atomic mass is 16.4. The molecule has 1 aliphatic heterocycles. The number of carbonyl (C=O) groups excluding carboxylic acids is 1. The Kier molecular flexibility index (Phi) is 7.98. The van der Waals surface area contributed by atoms with E-state index < -0.39 is 12.1 Å². The summed E-state index contributed by atoms with van der Waals surface area (Å²) in [4.78, 5) is 34.1. The summed E-state index contributed by atoms with van der Waals surface area (Å²) < 4.78 is 1.86. The average molecular weight is 503 g/mol. The van der Waals surface area contributed by atoms with Gasteiger partial charge in [-0.2, -0.15) is 10.4 Å². The molecule has 4 rings (SSSR count). The van der Waals surface area contributed by atoms with E-state index in [2.05, 4.69) is 31.8 Å². The molecule has 11 nitrogen and oxygen atoms in total. The second kappa shape index (κ2) is 11.5. The molecule has 1 fully saturated rings. The number of carbonyl (C=O) groups is 2. The summed E-state index contributed by atoms with van der Waals surface area (Å²) in [6.45, 7) is 4.87. The molecular weight excluding hydrogens is 472 g/mol. The Labute approximate surface area is 215 Å². The van der Waals surface area contributed by atoms with Crippen molar-refractivity contribution in [2.24, 2.45) is 0 Å². The summed E-state index contributed by atoms with van der Waals surface area (Å²) in [7, 11) is 0. The van der Waals surface area contributed by atoms with Gasteiger partial charge in [0, 0.05) is 36.6 Å². The van der Waals surface area contributed by atoms with Crippen LogP contribution in [0.2, 0.25) is 0 Å². The van der Waals surface area contributed by atoms with E-state index in [9.17, 15) is 14.9 Å². The maximum Gasteiger partial charge on any atom is 0.407 e. The molecule has 1 atom stereocenters. The van der Waals surface area contributed by atoms with Crippen LogP contribution in [0.3, 0.4) is 0 Å². The van der Waals surface area contributed by atoms with Gasteiger partial charge in [0.2, 0.25) is 5.95 Å². The Morgan fingerprint density at radius 1 is 1.22 bits per heavy atom. The highest BCUT2D eigenvalue weighted by Gasteiger charge is 2.24. The van der Waals surface area contributed by atoms with Gasteiger partial charge in [-0.05, 0) is 43.9 Å². The number of amides is 2. The standard InChI is InChI=1S/C26H30N8O3/c1-3-4-20(13-27)30-24(35)19-7-5-18(6-8-19)23-17(2)14-28-25(32-23)31-21-15-29-34(16-21)22-9-11-33(12-10-22)26(36)37/h5-8,14-16,20,22H,3-4,9-12H2,1-2H3,(H,30,35)(H,36,37)(H,28,31,32). The van der Waals surface area contributed by atoms with E-state index >= 15 is 0 Å². The zero-order valence-corrected chi connectivity index (χ0v) is 20.9. The Morgan fingerprint density at radius 2 is 1.95 bits per heavy atom. The lowest BCUT2D eigenvalue weighted by molar-refractivity contribution is 0.0943. The van der Waals surface area contributed by atoms with Crippen LogP contribution in [0.5, 0.6) is 0 Å². The number of anilines is 2. The minimum Gasteiger partial charge on any atom is -0.465 e. The number of nitrogens with zero attached hydrogens (tertiary/aromatic N) is 6. The van der Waals surface area contributed by atoms with E-state index in [1.807, 2.05) is 36.9 Å². The fraction of sp³-hybridized carbons (Fsp3) is 0.385. The second-order valence-corrected chi connectivity index (χ2v) is 9.08. The van der Waals surface area contributed by atoms with Crippen LogP contribution in [-0.4, -0.2) is 60.9 Å². The van der Waals surface area contributed by atoms with E-state index in [1.165, 1.54) is 4.90 Å². The van der Waals surface area contributed by atoms with Crippen molar-refractivity contribution >= 4 is 23.6 Å². The lowest BCUT2D eigenvalue weighted by atomic mass is 10.1. The molecule has 0 radical (unpaired) electrons. The topological polar surface area (TPSA) is 149 Å². The van der Waals surface area contributed by atoms with Crippen LogP contribution in [0, 0.1) is 18.3 Å². The first-order valence-corrected chi connectivity index (χ1v) is 12.3. The summed E-state index contributed by atoms with van der Waals surface area (Å²) in [6, 6.07) is 8.86. The second-order valence-electron chi connectivity index (χ2n) is 9.08. The van der Waals surface area contributed by atoms with Crippen molar-refractivity contribution in [1.29, 1.82) is 5.26 Å². The minimum absolute atomic E-state index is 0.141. The van der Waals surface area contributed by atoms with Gasteiger partial charge >= 0.3 is 6.09 Å². The zero-order valence-electron chi connectivity index (χ0n) is 20.9. The van der Waals surface area contributed by atoms with Gasteiger partial charge in [0.1, 0.15) is 6.04 Å². The van der Waals surface area contributed by atoms with Crippen LogP contribution in [0.25, 0.3) is 11.3 Å². The van der Waals surface area contributed by atoms with E-state index in [4.69, 9.17) is 5.11 Å². The van der Waals surface area contributed by atoms with Crippen LogP contribution in [-0.2, 0) is 0 Å². The molecule has 0 aliphatic carbocycles. The third-order valence-corrected chi connectivity index (χ3v) is 6.40. The number of piperidine rings is 1. The number of rotatable bonds is 8. The van der Waals surface area contributed by atoms with E-state index in [0.717, 1.165) is 28.9 Å². The summed E-state index contributed by atoms with van der Waals surface area (Å²) in [6.07, 6.45) is 7.28. The predicted molar refractivity (Wildman–Crippen MR) is 137 cm³/mol. The quantitative estimate of drug-likeness (QED) is 0.416. The average Bonchev–Trinajstić information content (AvgIpc) is 3.38. The summed E-state index contributed by atoms with van der Waals surface area (Å²) in [5.41, 5.74) is 3.68. The molecule has 1 aromatic carbocycles. The first-order valence-electron chi connectivity index (χ1n) is 12.3. The van der Waals surface area contributed by atoms with Gasteiger partial charge in [0.25, 0.3) is 5.91 Å². The lowest BCUT2D eigenvalue weighted by Crippen LogP contribution is -2.38. The molecule has 2 aromatic heterocycles. The molecule has 0 bridgehead atoms. The third kappa shape index (κ3) is 6.22. The predicted octanol–water partition coefficient (Wildman–Crippen LogP) is 4.13. The largest absolute Gasteiger partial charge is 0.465 e. The summed E-state index contributed by atoms with van der Waals surface area (Å²) in [5.74, 6) is 0.137. The maximum atomic E-state index is 12.5. The van der Waals surface area contributed by atoms with Gasteiger partial charge < -0.3 is 20.6 Å². The van der Waals surface area contributed by atoms with Crippen molar-refractivity contribution in [1.82, 2.24) is 30.0 Å². The van der Waals surface area contributed by atoms with Crippen molar-refractivity contribution < 1.29 is 14.7 Å². The molecule has 3 N–H and O–H groups in total. The van der Waals surface area contributed by atoms with E-state index in [0.29, 0.717) is 43.9 Å². The number of hydrogen-bond donors (Lipinski definition) is 3. The number of hydrogen-bond acceptors (Lipinski definition) is 7. The maximum absolute atomic E-state index is 12.5. The first kappa shape index (κ1) is 25.6. The first-order chi connectivity index (χ1) is 17.9. The Balaban J connectivity index is 1.43. The van der Waals surface area contributed by atoms with E-state index in [1.54, 1.807) is 24.5 Å². The number of aromatic nitrogens is 4. The van der Waals surface area contributed by atoms with Crippen molar-refractivity contribution in [3.8, 4) is 17.3 Å². The molecule has 192 valence electrons. The number of carboxylic acid groups (broad SMARTS) is 1. The van der Waals surface area contributed by atoms with Gasteiger partial charge in [-0.15, -0.1) is 0 Å².